The number of halogens is 1. The van der Waals surface area contributed by atoms with Crippen molar-refractivity contribution < 1.29 is 4.79 Å². The molecule has 1 aromatic carbocycles. The fraction of sp³-hybridized carbons (Fsp3) is 0.176. The molecule has 3 rings (SSSR count). The maximum atomic E-state index is 12.7. The average Bonchev–Trinajstić information content (AvgIpc) is 2.96. The van der Waals surface area contributed by atoms with Crippen molar-refractivity contribution in [1.82, 2.24) is 20.0 Å². The van der Waals surface area contributed by atoms with Gasteiger partial charge in [-0.3, -0.25) is 4.79 Å². The Bertz CT molecular complexity index is 871. The first-order valence-electron chi connectivity index (χ1n) is 7.36. The lowest BCUT2D eigenvalue weighted by atomic mass is 10.2. The summed E-state index contributed by atoms with van der Waals surface area (Å²) >= 11 is 3.28. The summed E-state index contributed by atoms with van der Waals surface area (Å²) in [6, 6.07) is 11.5. The Hall–Kier alpha value is -2.54. The molecule has 0 N–H and O–H groups in total. The molecule has 0 saturated carbocycles. The van der Waals surface area contributed by atoms with Crippen molar-refractivity contribution in [1.29, 1.82) is 0 Å². The number of anilines is 1. The molecular weight excluding hydrogens is 370 g/mol. The second-order valence-electron chi connectivity index (χ2n) is 5.47. The van der Waals surface area contributed by atoms with E-state index in [-0.39, 0.29) is 5.91 Å². The van der Waals surface area contributed by atoms with E-state index in [1.54, 1.807) is 24.0 Å². The first kappa shape index (κ1) is 16.3. The van der Waals surface area contributed by atoms with E-state index in [1.807, 2.05) is 44.2 Å². The van der Waals surface area contributed by atoms with Crippen molar-refractivity contribution in [3.63, 3.8) is 0 Å². The van der Waals surface area contributed by atoms with E-state index in [2.05, 4.69) is 31.2 Å². The van der Waals surface area contributed by atoms with E-state index in [0.717, 1.165) is 11.3 Å². The average molecular weight is 386 g/mol. The number of carbonyl (C=O) groups excluding carboxylic acids is 1. The number of aromatic nitrogens is 4. The van der Waals surface area contributed by atoms with Crippen molar-refractivity contribution >= 4 is 27.5 Å². The number of benzene rings is 1. The molecule has 122 valence electrons. The highest BCUT2D eigenvalue weighted by molar-refractivity contribution is 9.10. The van der Waals surface area contributed by atoms with Gasteiger partial charge in [0, 0.05) is 7.05 Å². The lowest BCUT2D eigenvalue weighted by Crippen LogP contribution is -2.27. The Kier molecular flexibility index (Phi) is 4.44. The lowest BCUT2D eigenvalue weighted by Gasteiger charge is -2.15. The second-order valence-corrected chi connectivity index (χ2v) is 6.29. The van der Waals surface area contributed by atoms with Gasteiger partial charge < -0.3 is 4.90 Å². The molecule has 0 aliphatic carbocycles. The van der Waals surface area contributed by atoms with Crippen LogP contribution >= 0.6 is 15.9 Å². The van der Waals surface area contributed by atoms with Gasteiger partial charge in [0.05, 0.1) is 23.3 Å². The maximum Gasteiger partial charge on any atom is 0.280 e. The zero-order valence-corrected chi connectivity index (χ0v) is 15.1. The normalized spacial score (nSPS) is 10.7. The van der Waals surface area contributed by atoms with Crippen LogP contribution in [0.1, 0.15) is 21.7 Å². The summed E-state index contributed by atoms with van der Waals surface area (Å²) in [5, 5.41) is 8.19. The monoisotopic (exact) mass is 385 g/mol. The predicted octanol–water partition coefficient (Wildman–Crippen LogP) is 3.32. The summed E-state index contributed by atoms with van der Waals surface area (Å²) in [7, 11) is 1.69. The van der Waals surface area contributed by atoms with Crippen molar-refractivity contribution in [2.45, 2.75) is 13.8 Å². The Balaban J connectivity index is 1.91. The Morgan fingerprint density at radius 1 is 1.12 bits per heavy atom. The zero-order chi connectivity index (χ0) is 17.3. The molecule has 2 heterocycles. The standard InChI is InChI=1S/C17H16BrN5O/c1-11-4-6-13(7-5-11)23-12(2)16(20-21-23)17(24)22(3)14-8-9-15(18)19-10-14/h4-10H,1-3H3. The van der Waals surface area contributed by atoms with Gasteiger partial charge in [0.1, 0.15) is 4.60 Å². The smallest absolute Gasteiger partial charge is 0.280 e. The van der Waals surface area contributed by atoms with Crippen LogP contribution in [0.15, 0.2) is 47.2 Å². The van der Waals surface area contributed by atoms with Crippen LogP contribution in [-0.2, 0) is 0 Å². The molecular formula is C17H16BrN5O. The summed E-state index contributed by atoms with van der Waals surface area (Å²) in [6.07, 6.45) is 1.63. The van der Waals surface area contributed by atoms with Gasteiger partial charge in [-0.15, -0.1) is 5.10 Å². The number of nitrogens with zero attached hydrogens (tertiary/aromatic N) is 5. The molecule has 0 aliphatic heterocycles. The highest BCUT2D eigenvalue weighted by Crippen LogP contribution is 2.19. The van der Waals surface area contributed by atoms with Gasteiger partial charge in [0.15, 0.2) is 5.69 Å². The molecule has 0 bridgehead atoms. The van der Waals surface area contributed by atoms with Crippen LogP contribution in [0, 0.1) is 13.8 Å². The third-order valence-electron chi connectivity index (χ3n) is 3.78. The van der Waals surface area contributed by atoms with Gasteiger partial charge in [0.25, 0.3) is 5.91 Å². The third-order valence-corrected chi connectivity index (χ3v) is 4.25. The van der Waals surface area contributed by atoms with E-state index in [0.29, 0.717) is 21.7 Å². The number of amides is 1. The number of pyridine rings is 1. The van der Waals surface area contributed by atoms with Crippen molar-refractivity contribution in [3.05, 3.63) is 64.1 Å². The van der Waals surface area contributed by atoms with E-state index in [9.17, 15) is 4.79 Å². The first-order chi connectivity index (χ1) is 11.5. The molecule has 1 amide bonds. The van der Waals surface area contributed by atoms with Gasteiger partial charge in [-0.25, -0.2) is 9.67 Å². The van der Waals surface area contributed by atoms with E-state index in [1.165, 1.54) is 4.90 Å². The maximum absolute atomic E-state index is 12.7. The van der Waals surface area contributed by atoms with E-state index >= 15 is 0 Å². The Morgan fingerprint density at radius 2 is 1.83 bits per heavy atom. The molecule has 0 spiro atoms. The Morgan fingerprint density at radius 3 is 2.46 bits per heavy atom. The highest BCUT2D eigenvalue weighted by atomic mass is 79.9. The minimum atomic E-state index is -0.227. The van der Waals surface area contributed by atoms with Crippen molar-refractivity contribution in [3.8, 4) is 5.69 Å². The molecule has 0 saturated heterocycles. The molecule has 0 unspecified atom stereocenters. The summed E-state index contributed by atoms with van der Waals surface area (Å²) < 4.78 is 2.38. The number of hydrogen-bond acceptors (Lipinski definition) is 4. The zero-order valence-electron chi connectivity index (χ0n) is 13.6. The van der Waals surface area contributed by atoms with Crippen LogP contribution in [0.25, 0.3) is 5.69 Å². The topological polar surface area (TPSA) is 63.9 Å². The number of rotatable bonds is 3. The lowest BCUT2D eigenvalue weighted by molar-refractivity contribution is 0.0987. The first-order valence-corrected chi connectivity index (χ1v) is 8.15. The molecule has 7 heteroatoms. The van der Waals surface area contributed by atoms with Crippen LogP contribution in [0.5, 0.6) is 0 Å². The van der Waals surface area contributed by atoms with Crippen molar-refractivity contribution in [2.75, 3.05) is 11.9 Å². The minimum absolute atomic E-state index is 0.227. The van der Waals surface area contributed by atoms with E-state index in [4.69, 9.17) is 0 Å². The molecule has 0 fully saturated rings. The fourth-order valence-electron chi connectivity index (χ4n) is 2.30. The van der Waals surface area contributed by atoms with Crippen LogP contribution in [0.4, 0.5) is 5.69 Å². The minimum Gasteiger partial charge on any atom is -0.308 e. The largest absolute Gasteiger partial charge is 0.308 e. The van der Waals surface area contributed by atoms with Gasteiger partial charge >= 0.3 is 0 Å². The van der Waals surface area contributed by atoms with E-state index < -0.39 is 0 Å². The molecule has 0 radical (unpaired) electrons. The number of aryl methyl sites for hydroxylation is 1. The van der Waals surface area contributed by atoms with Crippen LogP contribution in [0.3, 0.4) is 0 Å². The summed E-state index contributed by atoms with van der Waals surface area (Å²) in [4.78, 5) is 18.4. The van der Waals surface area contributed by atoms with Crippen molar-refractivity contribution in [2.24, 2.45) is 0 Å². The quantitative estimate of drug-likeness (QED) is 0.648. The van der Waals surface area contributed by atoms with Gasteiger partial charge in [0.2, 0.25) is 0 Å². The molecule has 0 aliphatic rings. The van der Waals surface area contributed by atoms with Crippen LogP contribution in [-0.4, -0.2) is 32.9 Å². The molecule has 6 nitrogen and oxygen atoms in total. The SMILES string of the molecule is Cc1ccc(-n2nnc(C(=O)N(C)c3ccc(Br)nc3)c2C)cc1. The highest BCUT2D eigenvalue weighted by Gasteiger charge is 2.21. The number of carbonyl (C=O) groups is 1. The molecule has 3 aromatic rings. The molecule has 2 aromatic heterocycles. The molecule has 24 heavy (non-hydrogen) atoms. The Labute approximate surface area is 148 Å². The van der Waals surface area contributed by atoms with Gasteiger partial charge in [-0.1, -0.05) is 22.9 Å². The summed E-state index contributed by atoms with van der Waals surface area (Å²) in [5.41, 5.74) is 3.74. The summed E-state index contributed by atoms with van der Waals surface area (Å²) in [5.74, 6) is -0.227. The third kappa shape index (κ3) is 3.07. The van der Waals surface area contributed by atoms with Crippen LogP contribution < -0.4 is 4.90 Å². The fourth-order valence-corrected chi connectivity index (χ4v) is 2.54. The van der Waals surface area contributed by atoms with Gasteiger partial charge in [-0.05, 0) is 54.0 Å². The second kappa shape index (κ2) is 6.52. The van der Waals surface area contributed by atoms with Crippen LogP contribution in [0.2, 0.25) is 0 Å². The summed E-state index contributed by atoms with van der Waals surface area (Å²) in [6.45, 7) is 3.86. The number of hydrogen-bond donors (Lipinski definition) is 0. The van der Waals surface area contributed by atoms with Gasteiger partial charge in [-0.2, -0.15) is 0 Å². The molecule has 0 atom stereocenters. The predicted molar refractivity (Wildman–Crippen MR) is 95.5 cm³/mol.